The van der Waals surface area contributed by atoms with E-state index in [0.29, 0.717) is 5.54 Å². The number of unbranched alkanes of at least 4 members (excludes halogenated alkanes) is 2. The number of hydrogen-bond acceptors (Lipinski definition) is 2. The summed E-state index contributed by atoms with van der Waals surface area (Å²) in [6.45, 7) is 12.3. The Labute approximate surface area is 125 Å². The first-order chi connectivity index (χ1) is 9.51. The largest absolute Gasteiger partial charge is 0.417 e. The Morgan fingerprint density at radius 1 is 1.30 bits per heavy atom. The van der Waals surface area contributed by atoms with Gasteiger partial charge in [-0.05, 0) is 32.0 Å². The van der Waals surface area contributed by atoms with E-state index >= 15 is 0 Å². The van der Waals surface area contributed by atoms with E-state index < -0.39 is 8.32 Å². The van der Waals surface area contributed by atoms with E-state index in [1.54, 1.807) is 0 Å². The Morgan fingerprint density at radius 3 is 2.60 bits per heavy atom. The van der Waals surface area contributed by atoms with Crippen LogP contribution in [-0.2, 0) is 4.43 Å². The molecule has 4 nitrogen and oxygen atoms in total. The molecule has 1 aliphatic heterocycles. The van der Waals surface area contributed by atoms with E-state index in [9.17, 15) is 4.79 Å². The van der Waals surface area contributed by atoms with Crippen LogP contribution in [0.15, 0.2) is 0 Å². The standard InChI is InChI=1S/C15H32N2O2Si/c1-5-7-8-9-14(20(3,4)19-6-2)10-12-17-13-11-16-15(17)18/h14H,5-13H2,1-4H3,(H,16,18). The molecular formula is C15H32N2O2Si. The predicted octanol–water partition coefficient (Wildman–Crippen LogP) is 3.59. The van der Waals surface area contributed by atoms with Crippen molar-refractivity contribution >= 4 is 14.3 Å². The molecule has 1 saturated heterocycles. The number of carbonyl (C=O) groups is 1. The summed E-state index contributed by atoms with van der Waals surface area (Å²) in [5, 5.41) is 2.88. The van der Waals surface area contributed by atoms with Crippen LogP contribution < -0.4 is 5.32 Å². The molecule has 0 saturated carbocycles. The molecule has 1 heterocycles. The number of carbonyl (C=O) groups excluding carboxylic acids is 1. The minimum Gasteiger partial charge on any atom is -0.417 e. The number of nitrogens with one attached hydrogen (secondary N) is 1. The van der Waals surface area contributed by atoms with E-state index in [1.165, 1.54) is 25.7 Å². The van der Waals surface area contributed by atoms with E-state index in [2.05, 4.69) is 32.3 Å². The molecule has 1 fully saturated rings. The third-order valence-corrected chi connectivity index (χ3v) is 7.92. The van der Waals surface area contributed by atoms with Gasteiger partial charge in [0.2, 0.25) is 0 Å². The lowest BCUT2D eigenvalue weighted by Crippen LogP contribution is -2.39. The van der Waals surface area contributed by atoms with Gasteiger partial charge in [0, 0.05) is 26.2 Å². The van der Waals surface area contributed by atoms with Crippen LogP contribution in [0.3, 0.4) is 0 Å². The highest BCUT2D eigenvalue weighted by Crippen LogP contribution is 2.32. The Balaban J connectivity index is 2.50. The number of hydrogen-bond donors (Lipinski definition) is 1. The SMILES string of the molecule is CCCCCC(CCN1CCNC1=O)[Si](C)(C)OCC. The zero-order valence-corrected chi connectivity index (χ0v) is 14.7. The zero-order valence-electron chi connectivity index (χ0n) is 13.7. The van der Waals surface area contributed by atoms with Crippen LogP contribution >= 0.6 is 0 Å². The molecule has 118 valence electrons. The first-order valence-electron chi connectivity index (χ1n) is 8.18. The maximum atomic E-state index is 11.6. The molecule has 2 amide bonds. The highest BCUT2D eigenvalue weighted by atomic mass is 28.4. The molecule has 1 aliphatic rings. The number of nitrogens with zero attached hydrogens (tertiary/aromatic N) is 1. The summed E-state index contributed by atoms with van der Waals surface area (Å²) in [5.41, 5.74) is 0.655. The summed E-state index contributed by atoms with van der Waals surface area (Å²) in [6.07, 6.45) is 6.20. The minimum absolute atomic E-state index is 0.105. The van der Waals surface area contributed by atoms with Crippen molar-refractivity contribution in [2.24, 2.45) is 0 Å². The van der Waals surface area contributed by atoms with Crippen molar-refractivity contribution < 1.29 is 9.22 Å². The smallest absolute Gasteiger partial charge is 0.317 e. The number of urea groups is 1. The van der Waals surface area contributed by atoms with Gasteiger partial charge in [-0.15, -0.1) is 0 Å². The van der Waals surface area contributed by atoms with Gasteiger partial charge in [0.15, 0.2) is 8.32 Å². The maximum Gasteiger partial charge on any atom is 0.317 e. The van der Waals surface area contributed by atoms with Crippen LogP contribution in [0.4, 0.5) is 4.79 Å². The topological polar surface area (TPSA) is 41.6 Å². The van der Waals surface area contributed by atoms with E-state index in [-0.39, 0.29) is 6.03 Å². The van der Waals surface area contributed by atoms with Crippen LogP contribution in [0.1, 0.15) is 46.0 Å². The van der Waals surface area contributed by atoms with Crippen LogP contribution in [-0.4, -0.2) is 45.5 Å². The maximum absolute atomic E-state index is 11.6. The second-order valence-corrected chi connectivity index (χ2v) is 10.5. The van der Waals surface area contributed by atoms with Gasteiger partial charge in [0.1, 0.15) is 0 Å². The molecule has 20 heavy (non-hydrogen) atoms. The lowest BCUT2D eigenvalue weighted by molar-refractivity contribution is 0.215. The first kappa shape index (κ1) is 17.5. The van der Waals surface area contributed by atoms with Crippen molar-refractivity contribution in [3.63, 3.8) is 0 Å². The molecule has 1 rings (SSSR count). The lowest BCUT2D eigenvalue weighted by Gasteiger charge is -2.33. The second kappa shape index (κ2) is 8.67. The summed E-state index contributed by atoms with van der Waals surface area (Å²) in [4.78, 5) is 13.6. The van der Waals surface area contributed by atoms with Crippen molar-refractivity contribution in [1.29, 1.82) is 0 Å². The molecule has 5 heteroatoms. The third kappa shape index (κ3) is 5.44. The van der Waals surface area contributed by atoms with Gasteiger partial charge in [-0.25, -0.2) is 4.79 Å². The lowest BCUT2D eigenvalue weighted by atomic mass is 10.1. The molecule has 1 unspecified atom stereocenters. The molecule has 0 aromatic rings. The predicted molar refractivity (Wildman–Crippen MR) is 86.6 cm³/mol. The fourth-order valence-corrected chi connectivity index (χ4v) is 5.71. The molecule has 0 radical (unpaired) electrons. The quantitative estimate of drug-likeness (QED) is 0.495. The molecule has 0 bridgehead atoms. The Hall–Kier alpha value is -0.553. The summed E-state index contributed by atoms with van der Waals surface area (Å²) >= 11 is 0. The van der Waals surface area contributed by atoms with Crippen LogP contribution in [0.5, 0.6) is 0 Å². The second-order valence-electron chi connectivity index (χ2n) is 6.24. The normalized spacial score (nSPS) is 17.4. The van der Waals surface area contributed by atoms with Crippen molar-refractivity contribution in [2.45, 2.75) is 64.6 Å². The fourth-order valence-electron chi connectivity index (χ4n) is 3.01. The molecule has 0 spiro atoms. The van der Waals surface area contributed by atoms with Crippen molar-refractivity contribution in [1.82, 2.24) is 10.2 Å². The first-order valence-corrected chi connectivity index (χ1v) is 11.2. The van der Waals surface area contributed by atoms with Crippen molar-refractivity contribution in [2.75, 3.05) is 26.2 Å². The third-order valence-electron chi connectivity index (χ3n) is 4.35. The number of amides is 2. The van der Waals surface area contributed by atoms with Gasteiger partial charge < -0.3 is 14.6 Å². The minimum atomic E-state index is -1.64. The Morgan fingerprint density at radius 2 is 2.05 bits per heavy atom. The van der Waals surface area contributed by atoms with Crippen molar-refractivity contribution in [3.8, 4) is 0 Å². The summed E-state index contributed by atoms with van der Waals surface area (Å²) in [7, 11) is -1.64. The van der Waals surface area contributed by atoms with E-state index in [4.69, 9.17) is 4.43 Å². The molecule has 0 aliphatic carbocycles. The van der Waals surface area contributed by atoms with Gasteiger partial charge in [0.05, 0.1) is 0 Å². The van der Waals surface area contributed by atoms with Gasteiger partial charge in [-0.3, -0.25) is 0 Å². The Bertz CT molecular complexity index is 298. The highest BCUT2D eigenvalue weighted by molar-refractivity contribution is 6.72. The fraction of sp³-hybridized carbons (Fsp3) is 0.933. The van der Waals surface area contributed by atoms with E-state index in [0.717, 1.165) is 32.7 Å². The van der Waals surface area contributed by atoms with Gasteiger partial charge in [-0.2, -0.15) is 0 Å². The van der Waals surface area contributed by atoms with E-state index in [1.807, 2.05) is 4.90 Å². The average Bonchev–Trinajstić information content (AvgIpc) is 2.79. The molecule has 1 atom stereocenters. The van der Waals surface area contributed by atoms with Gasteiger partial charge in [-0.1, -0.05) is 32.6 Å². The van der Waals surface area contributed by atoms with Crippen LogP contribution in [0.25, 0.3) is 0 Å². The van der Waals surface area contributed by atoms with Crippen LogP contribution in [0, 0.1) is 0 Å². The molecule has 0 aromatic carbocycles. The average molecular weight is 301 g/mol. The zero-order chi connectivity index (χ0) is 15.0. The summed E-state index contributed by atoms with van der Waals surface area (Å²) in [6, 6.07) is 0.105. The highest BCUT2D eigenvalue weighted by Gasteiger charge is 2.33. The molecule has 0 aromatic heterocycles. The summed E-state index contributed by atoms with van der Waals surface area (Å²) in [5.74, 6) is 0. The molecular weight excluding hydrogens is 268 g/mol. The molecule has 1 N–H and O–H groups in total. The van der Waals surface area contributed by atoms with Gasteiger partial charge >= 0.3 is 6.03 Å². The monoisotopic (exact) mass is 300 g/mol. The van der Waals surface area contributed by atoms with Crippen molar-refractivity contribution in [3.05, 3.63) is 0 Å². The van der Waals surface area contributed by atoms with Crippen LogP contribution in [0.2, 0.25) is 18.6 Å². The van der Waals surface area contributed by atoms with Gasteiger partial charge in [0.25, 0.3) is 0 Å². The summed E-state index contributed by atoms with van der Waals surface area (Å²) < 4.78 is 6.08. The Kier molecular flexibility index (Phi) is 7.59. The number of rotatable bonds is 10.